The van der Waals surface area contributed by atoms with E-state index in [0.717, 1.165) is 20.3 Å². The van der Waals surface area contributed by atoms with Crippen molar-refractivity contribution in [1.29, 1.82) is 0 Å². The highest BCUT2D eigenvalue weighted by atomic mass is 79.9. The molecule has 1 heterocycles. The molecular formula is C24H21BrN4O4S2. The minimum atomic E-state index is -3.98. The first-order chi connectivity index (χ1) is 16.8. The molecule has 0 aliphatic rings. The Morgan fingerprint density at radius 3 is 2.34 bits per heavy atom. The Morgan fingerprint density at radius 2 is 1.63 bits per heavy atom. The third-order valence-electron chi connectivity index (χ3n) is 4.98. The van der Waals surface area contributed by atoms with Gasteiger partial charge in [-0.2, -0.15) is 4.72 Å². The molecular weight excluding hydrogens is 552 g/mol. The zero-order valence-electron chi connectivity index (χ0n) is 18.3. The summed E-state index contributed by atoms with van der Waals surface area (Å²) in [4.78, 5) is 29.7. The molecule has 0 spiro atoms. The number of sulfonamides is 1. The van der Waals surface area contributed by atoms with Crippen LogP contribution in [0.2, 0.25) is 0 Å². The molecule has 3 N–H and O–H groups in total. The summed E-state index contributed by atoms with van der Waals surface area (Å²) in [6.45, 7) is -0.333. The lowest BCUT2D eigenvalue weighted by atomic mass is 10.1. The van der Waals surface area contributed by atoms with E-state index in [9.17, 15) is 18.0 Å². The summed E-state index contributed by atoms with van der Waals surface area (Å²) in [7, 11) is -3.98. The zero-order chi connectivity index (χ0) is 24.8. The minimum Gasteiger partial charge on any atom is -0.346 e. The van der Waals surface area contributed by atoms with Gasteiger partial charge in [0.1, 0.15) is 6.04 Å². The summed E-state index contributed by atoms with van der Waals surface area (Å²) in [6, 6.07) is 21.5. The number of nitrogens with zero attached hydrogens (tertiary/aromatic N) is 1. The quantitative estimate of drug-likeness (QED) is 0.282. The van der Waals surface area contributed by atoms with Gasteiger partial charge in [0.25, 0.3) is 0 Å². The van der Waals surface area contributed by atoms with Gasteiger partial charge < -0.3 is 10.6 Å². The van der Waals surface area contributed by atoms with Gasteiger partial charge >= 0.3 is 0 Å². The second-order valence-electron chi connectivity index (χ2n) is 7.57. The number of benzene rings is 3. The van der Waals surface area contributed by atoms with Crippen molar-refractivity contribution >= 4 is 64.5 Å². The number of para-hydroxylation sites is 1. The molecule has 2 amide bonds. The minimum absolute atomic E-state index is 0.0279. The topological polar surface area (TPSA) is 117 Å². The molecule has 0 fully saturated rings. The van der Waals surface area contributed by atoms with Gasteiger partial charge in [0.15, 0.2) is 5.13 Å². The fourth-order valence-electron chi connectivity index (χ4n) is 3.29. The molecule has 35 heavy (non-hydrogen) atoms. The number of halogens is 1. The Bertz CT molecular complexity index is 1410. The highest BCUT2D eigenvalue weighted by Crippen LogP contribution is 2.25. The monoisotopic (exact) mass is 572 g/mol. The number of thiazole rings is 1. The third-order valence-corrected chi connectivity index (χ3v) is 7.95. The van der Waals surface area contributed by atoms with Crippen LogP contribution in [0.15, 0.2) is 88.2 Å². The lowest BCUT2D eigenvalue weighted by molar-refractivity contribution is -0.125. The van der Waals surface area contributed by atoms with Gasteiger partial charge in [0.05, 0.1) is 21.7 Å². The Hall–Kier alpha value is -3.12. The predicted octanol–water partition coefficient (Wildman–Crippen LogP) is 3.70. The summed E-state index contributed by atoms with van der Waals surface area (Å²) in [5, 5.41) is 5.62. The van der Waals surface area contributed by atoms with Gasteiger partial charge in [-0.25, -0.2) is 13.4 Å². The number of amides is 2. The molecule has 0 saturated carbocycles. The van der Waals surface area contributed by atoms with Crippen molar-refractivity contribution in [3.63, 3.8) is 0 Å². The number of rotatable bonds is 9. The fourth-order valence-corrected chi connectivity index (χ4v) is 5.63. The zero-order valence-corrected chi connectivity index (χ0v) is 21.5. The van der Waals surface area contributed by atoms with E-state index in [1.807, 2.05) is 30.3 Å². The number of carbonyl (C=O) groups excluding carboxylic acids is 2. The molecule has 0 bridgehead atoms. The van der Waals surface area contributed by atoms with Crippen LogP contribution in [0, 0.1) is 0 Å². The Morgan fingerprint density at radius 1 is 0.943 bits per heavy atom. The first-order valence-corrected chi connectivity index (χ1v) is 13.6. The van der Waals surface area contributed by atoms with Crippen LogP contribution in [0.5, 0.6) is 0 Å². The molecule has 0 unspecified atom stereocenters. The Balaban J connectivity index is 1.44. The van der Waals surface area contributed by atoms with Crippen LogP contribution in [0.25, 0.3) is 10.2 Å². The lowest BCUT2D eigenvalue weighted by Crippen LogP contribution is -2.49. The van der Waals surface area contributed by atoms with Crippen molar-refractivity contribution in [2.75, 3.05) is 11.9 Å². The molecule has 0 aliphatic carbocycles. The van der Waals surface area contributed by atoms with E-state index < -0.39 is 27.9 Å². The molecule has 4 aromatic rings. The average Bonchev–Trinajstić information content (AvgIpc) is 3.25. The van der Waals surface area contributed by atoms with Crippen LogP contribution in [-0.2, 0) is 26.0 Å². The maximum Gasteiger partial charge on any atom is 0.245 e. The number of aromatic nitrogens is 1. The lowest BCUT2D eigenvalue weighted by Gasteiger charge is -2.19. The number of nitrogens with one attached hydrogen (secondary N) is 3. The van der Waals surface area contributed by atoms with E-state index in [2.05, 4.69) is 36.3 Å². The van der Waals surface area contributed by atoms with Crippen LogP contribution in [0.3, 0.4) is 0 Å². The van der Waals surface area contributed by atoms with Crippen molar-refractivity contribution in [2.24, 2.45) is 0 Å². The van der Waals surface area contributed by atoms with Crippen molar-refractivity contribution in [3.05, 3.63) is 88.9 Å². The molecule has 1 aromatic heterocycles. The number of hydrogen-bond donors (Lipinski definition) is 3. The summed E-state index contributed by atoms with van der Waals surface area (Å²) in [6.07, 6.45) is 0.113. The highest BCUT2D eigenvalue weighted by molar-refractivity contribution is 9.10. The van der Waals surface area contributed by atoms with Gasteiger partial charge in [-0.1, -0.05) is 69.7 Å². The number of hydrogen-bond acceptors (Lipinski definition) is 6. The Kier molecular flexibility index (Phi) is 7.91. The largest absolute Gasteiger partial charge is 0.346 e. The molecule has 4 rings (SSSR count). The molecule has 0 radical (unpaired) electrons. The van der Waals surface area contributed by atoms with Crippen LogP contribution in [0.4, 0.5) is 5.13 Å². The van der Waals surface area contributed by atoms with Crippen LogP contribution in [0.1, 0.15) is 5.56 Å². The van der Waals surface area contributed by atoms with Gasteiger partial charge in [0.2, 0.25) is 21.8 Å². The first kappa shape index (κ1) is 25.0. The molecule has 3 aromatic carbocycles. The van der Waals surface area contributed by atoms with E-state index in [0.29, 0.717) is 5.13 Å². The predicted molar refractivity (Wildman–Crippen MR) is 140 cm³/mol. The first-order valence-electron chi connectivity index (χ1n) is 10.5. The standard InChI is InChI=1S/C24H21BrN4O4S2/c25-17-10-12-18(13-11-17)35(32,33)29-20(14-16-6-2-1-3-7-16)23(31)26-15-22(30)28-24-27-19-8-4-5-9-21(19)34-24/h1-13,20,29H,14-15H2,(H,26,31)(H,27,28,30)/t20-/m0/s1. The SMILES string of the molecule is O=C(CNC(=O)[C@H](Cc1ccccc1)NS(=O)(=O)c1ccc(Br)cc1)Nc1nc2ccccc2s1. The van der Waals surface area contributed by atoms with Gasteiger partial charge in [-0.15, -0.1) is 0 Å². The number of carbonyl (C=O) groups is 2. The summed E-state index contributed by atoms with van der Waals surface area (Å²) >= 11 is 4.60. The molecule has 11 heteroatoms. The molecule has 180 valence electrons. The van der Waals surface area contributed by atoms with Crippen molar-refractivity contribution in [3.8, 4) is 0 Å². The van der Waals surface area contributed by atoms with Crippen LogP contribution in [-0.4, -0.2) is 37.8 Å². The van der Waals surface area contributed by atoms with Gasteiger partial charge in [-0.05, 0) is 48.4 Å². The van der Waals surface area contributed by atoms with Crippen molar-refractivity contribution in [2.45, 2.75) is 17.4 Å². The van der Waals surface area contributed by atoms with E-state index >= 15 is 0 Å². The smallest absolute Gasteiger partial charge is 0.245 e. The third kappa shape index (κ3) is 6.73. The number of fused-ring (bicyclic) bond motifs is 1. The second kappa shape index (κ2) is 11.1. The summed E-state index contributed by atoms with van der Waals surface area (Å²) in [5.41, 5.74) is 1.53. The molecule has 0 saturated heterocycles. The molecule has 1 atom stereocenters. The van der Waals surface area contributed by atoms with E-state index in [1.165, 1.54) is 23.5 Å². The van der Waals surface area contributed by atoms with Crippen molar-refractivity contribution < 1.29 is 18.0 Å². The van der Waals surface area contributed by atoms with E-state index in [-0.39, 0.29) is 17.9 Å². The van der Waals surface area contributed by atoms with Crippen LogP contribution >= 0.6 is 27.3 Å². The molecule has 8 nitrogen and oxygen atoms in total. The maximum absolute atomic E-state index is 13.0. The second-order valence-corrected chi connectivity index (χ2v) is 11.2. The fraction of sp³-hybridized carbons (Fsp3) is 0.125. The summed E-state index contributed by atoms with van der Waals surface area (Å²) < 4.78 is 30.0. The van der Waals surface area contributed by atoms with Gasteiger partial charge in [-0.3, -0.25) is 9.59 Å². The molecule has 0 aliphatic heterocycles. The highest BCUT2D eigenvalue weighted by Gasteiger charge is 2.26. The van der Waals surface area contributed by atoms with E-state index in [4.69, 9.17) is 0 Å². The Labute approximate surface area is 215 Å². The van der Waals surface area contributed by atoms with Crippen molar-refractivity contribution in [1.82, 2.24) is 15.0 Å². The summed E-state index contributed by atoms with van der Waals surface area (Å²) in [5.74, 6) is -1.08. The van der Waals surface area contributed by atoms with E-state index in [1.54, 1.807) is 36.4 Å². The average molecular weight is 573 g/mol. The van der Waals surface area contributed by atoms with Gasteiger partial charge in [0, 0.05) is 4.47 Å². The normalized spacial score (nSPS) is 12.3. The van der Waals surface area contributed by atoms with Crippen LogP contribution < -0.4 is 15.4 Å². The number of anilines is 1. The maximum atomic E-state index is 13.0.